The maximum atomic E-state index is 5.38. The molecule has 1 heterocycles. The summed E-state index contributed by atoms with van der Waals surface area (Å²) in [6, 6.07) is 0. The molecule has 3 nitrogen and oxygen atoms in total. The van der Waals surface area contributed by atoms with Crippen molar-refractivity contribution in [2.24, 2.45) is 0 Å². The third-order valence-corrected chi connectivity index (χ3v) is 2.04. The zero-order valence-corrected chi connectivity index (χ0v) is 8.13. The molecule has 1 saturated heterocycles. The molecule has 0 spiro atoms. The minimum atomic E-state index is -0.0301. The maximum absolute atomic E-state index is 5.38. The molecule has 1 rings (SSSR count). The van der Waals surface area contributed by atoms with Crippen molar-refractivity contribution in [3.8, 4) is 0 Å². The summed E-state index contributed by atoms with van der Waals surface area (Å²) >= 11 is 0. The number of rotatable bonds is 6. The Balaban J connectivity index is 1.89. The van der Waals surface area contributed by atoms with Crippen LogP contribution in [0, 0.1) is 0 Å². The highest BCUT2D eigenvalue weighted by Gasteiger charge is 2.13. The van der Waals surface area contributed by atoms with Gasteiger partial charge in [0.15, 0.2) is 6.29 Å². The van der Waals surface area contributed by atoms with Gasteiger partial charge in [0.1, 0.15) is 0 Å². The van der Waals surface area contributed by atoms with Crippen molar-refractivity contribution >= 4 is 0 Å². The summed E-state index contributed by atoms with van der Waals surface area (Å²) in [6.07, 6.45) is 7.36. The summed E-state index contributed by atoms with van der Waals surface area (Å²) in [7, 11) is 0. The van der Waals surface area contributed by atoms with E-state index >= 15 is 0 Å². The summed E-state index contributed by atoms with van der Waals surface area (Å²) in [6.45, 7) is 5.35. The molecule has 76 valence electrons. The van der Waals surface area contributed by atoms with Gasteiger partial charge in [-0.05, 0) is 25.7 Å². The average Bonchev–Trinajstić information content (AvgIpc) is 2.19. The fourth-order valence-electron chi connectivity index (χ4n) is 1.27. The number of hydrogen-bond acceptors (Lipinski definition) is 3. The number of allylic oxidation sites excluding steroid dienone is 1. The van der Waals surface area contributed by atoms with Crippen LogP contribution < -0.4 is 5.48 Å². The van der Waals surface area contributed by atoms with Gasteiger partial charge in [0.05, 0.1) is 0 Å². The number of ether oxygens (including phenoxy) is 1. The lowest BCUT2D eigenvalue weighted by Crippen LogP contribution is -2.29. The number of hydrogen-bond donors (Lipinski definition) is 1. The SMILES string of the molecule is C=CCCCNOC1CCCCO1. The summed E-state index contributed by atoms with van der Waals surface area (Å²) in [5.41, 5.74) is 2.92. The lowest BCUT2D eigenvalue weighted by Gasteiger charge is -2.22. The fourth-order valence-corrected chi connectivity index (χ4v) is 1.27. The number of nitrogens with one attached hydrogen (secondary N) is 1. The van der Waals surface area contributed by atoms with Crippen LogP contribution in [0.15, 0.2) is 12.7 Å². The van der Waals surface area contributed by atoms with E-state index in [4.69, 9.17) is 9.57 Å². The van der Waals surface area contributed by atoms with Crippen molar-refractivity contribution in [3.05, 3.63) is 12.7 Å². The Bertz CT molecular complexity index is 133. The first-order valence-electron chi connectivity index (χ1n) is 5.04. The minimum absolute atomic E-state index is 0.0301. The van der Waals surface area contributed by atoms with E-state index in [0.29, 0.717) is 0 Å². The van der Waals surface area contributed by atoms with Crippen LogP contribution in [0.3, 0.4) is 0 Å². The molecule has 0 saturated carbocycles. The Labute approximate surface area is 80.1 Å². The Morgan fingerprint density at radius 3 is 3.15 bits per heavy atom. The first-order chi connectivity index (χ1) is 6.43. The van der Waals surface area contributed by atoms with Crippen LogP contribution in [0.1, 0.15) is 32.1 Å². The van der Waals surface area contributed by atoms with Crippen LogP contribution in [0.2, 0.25) is 0 Å². The molecule has 0 radical (unpaired) electrons. The molecule has 1 fully saturated rings. The van der Waals surface area contributed by atoms with Crippen molar-refractivity contribution in [3.63, 3.8) is 0 Å². The summed E-state index contributed by atoms with van der Waals surface area (Å²) < 4.78 is 5.38. The normalized spacial score (nSPS) is 22.9. The van der Waals surface area contributed by atoms with Gasteiger partial charge in [-0.1, -0.05) is 6.08 Å². The smallest absolute Gasteiger partial charge is 0.177 e. The highest BCUT2D eigenvalue weighted by atomic mass is 16.8. The van der Waals surface area contributed by atoms with Crippen LogP contribution in [-0.2, 0) is 9.57 Å². The summed E-state index contributed by atoms with van der Waals surface area (Å²) in [5, 5.41) is 0. The molecule has 0 aromatic carbocycles. The Morgan fingerprint density at radius 1 is 1.54 bits per heavy atom. The lowest BCUT2D eigenvalue weighted by atomic mass is 10.2. The van der Waals surface area contributed by atoms with E-state index in [9.17, 15) is 0 Å². The third kappa shape index (κ3) is 5.03. The second-order valence-electron chi connectivity index (χ2n) is 3.24. The highest BCUT2D eigenvalue weighted by Crippen LogP contribution is 2.12. The van der Waals surface area contributed by atoms with Gasteiger partial charge in [0.25, 0.3) is 0 Å². The first kappa shape index (κ1) is 10.7. The zero-order valence-electron chi connectivity index (χ0n) is 8.13. The molecular weight excluding hydrogens is 166 g/mol. The molecule has 1 aliphatic heterocycles. The third-order valence-electron chi connectivity index (χ3n) is 2.04. The molecular formula is C10H19NO2. The zero-order chi connectivity index (χ0) is 9.36. The second-order valence-corrected chi connectivity index (χ2v) is 3.24. The van der Waals surface area contributed by atoms with Crippen molar-refractivity contribution in [2.75, 3.05) is 13.2 Å². The molecule has 1 unspecified atom stereocenters. The second kappa shape index (κ2) is 7.06. The van der Waals surface area contributed by atoms with Crippen LogP contribution in [0.5, 0.6) is 0 Å². The van der Waals surface area contributed by atoms with Crippen molar-refractivity contribution in [1.82, 2.24) is 5.48 Å². The molecule has 0 aromatic rings. The Morgan fingerprint density at radius 2 is 2.46 bits per heavy atom. The van der Waals surface area contributed by atoms with Crippen LogP contribution >= 0.6 is 0 Å². The average molecular weight is 185 g/mol. The molecule has 0 aliphatic carbocycles. The van der Waals surface area contributed by atoms with Gasteiger partial charge in [-0.3, -0.25) is 4.84 Å². The van der Waals surface area contributed by atoms with Crippen molar-refractivity contribution in [1.29, 1.82) is 0 Å². The summed E-state index contributed by atoms with van der Waals surface area (Å²) in [5.74, 6) is 0. The molecule has 0 bridgehead atoms. The fraction of sp³-hybridized carbons (Fsp3) is 0.800. The van der Waals surface area contributed by atoms with Gasteiger partial charge in [-0.25, -0.2) is 0 Å². The summed E-state index contributed by atoms with van der Waals surface area (Å²) in [4.78, 5) is 5.32. The van der Waals surface area contributed by atoms with E-state index in [1.165, 1.54) is 6.42 Å². The molecule has 13 heavy (non-hydrogen) atoms. The monoisotopic (exact) mass is 185 g/mol. The van der Waals surface area contributed by atoms with Crippen molar-refractivity contribution in [2.45, 2.75) is 38.4 Å². The van der Waals surface area contributed by atoms with Crippen molar-refractivity contribution < 1.29 is 9.57 Å². The van der Waals surface area contributed by atoms with Crippen LogP contribution in [0.25, 0.3) is 0 Å². The predicted octanol–water partition coefficient (Wildman–Crippen LogP) is 2.00. The van der Waals surface area contributed by atoms with Crippen LogP contribution in [0.4, 0.5) is 0 Å². The predicted molar refractivity (Wildman–Crippen MR) is 52.1 cm³/mol. The number of hydroxylamine groups is 1. The molecule has 0 amide bonds. The molecule has 1 N–H and O–H groups in total. The van der Waals surface area contributed by atoms with E-state index < -0.39 is 0 Å². The quantitative estimate of drug-likeness (QED) is 0.390. The number of unbranched alkanes of at least 4 members (excludes halogenated alkanes) is 1. The lowest BCUT2D eigenvalue weighted by molar-refractivity contribution is -0.196. The largest absolute Gasteiger partial charge is 0.351 e. The van der Waals surface area contributed by atoms with E-state index in [0.717, 1.165) is 38.8 Å². The standard InChI is InChI=1S/C10H19NO2/c1-2-3-5-8-11-13-10-7-4-6-9-12-10/h2,10-11H,1,3-9H2. The Kier molecular flexibility index (Phi) is 5.81. The van der Waals surface area contributed by atoms with Gasteiger partial charge in [-0.15, -0.1) is 6.58 Å². The first-order valence-corrected chi connectivity index (χ1v) is 5.04. The van der Waals surface area contributed by atoms with Gasteiger partial charge < -0.3 is 4.74 Å². The topological polar surface area (TPSA) is 30.5 Å². The van der Waals surface area contributed by atoms with E-state index in [2.05, 4.69) is 12.1 Å². The van der Waals surface area contributed by atoms with E-state index in [-0.39, 0.29) is 6.29 Å². The minimum Gasteiger partial charge on any atom is -0.351 e. The maximum Gasteiger partial charge on any atom is 0.177 e. The molecule has 1 atom stereocenters. The molecule has 1 aliphatic rings. The van der Waals surface area contributed by atoms with Gasteiger partial charge >= 0.3 is 0 Å². The van der Waals surface area contributed by atoms with Crippen LogP contribution in [-0.4, -0.2) is 19.4 Å². The molecule has 0 aromatic heterocycles. The van der Waals surface area contributed by atoms with E-state index in [1.807, 2.05) is 6.08 Å². The van der Waals surface area contributed by atoms with Gasteiger partial charge in [-0.2, -0.15) is 5.48 Å². The van der Waals surface area contributed by atoms with Gasteiger partial charge in [0.2, 0.25) is 0 Å². The van der Waals surface area contributed by atoms with E-state index in [1.54, 1.807) is 0 Å². The van der Waals surface area contributed by atoms with Gasteiger partial charge in [0, 0.05) is 19.6 Å². The Hall–Kier alpha value is -0.380. The molecule has 3 heteroatoms. The highest BCUT2D eigenvalue weighted by molar-refractivity contribution is 4.65.